The van der Waals surface area contributed by atoms with Gasteiger partial charge in [-0.05, 0) is 24.1 Å². The Bertz CT molecular complexity index is 352. The lowest BCUT2D eigenvalue weighted by molar-refractivity contribution is -0.142. The Balaban J connectivity index is 3.07. The van der Waals surface area contributed by atoms with Gasteiger partial charge in [0.05, 0.1) is 7.11 Å². The van der Waals surface area contributed by atoms with Gasteiger partial charge < -0.3 is 10.5 Å². The molecule has 0 aromatic heterocycles. The Morgan fingerprint density at radius 2 is 2.21 bits per heavy atom. The van der Waals surface area contributed by atoms with Crippen LogP contribution in [0.4, 0.5) is 0 Å². The van der Waals surface area contributed by atoms with Crippen LogP contribution in [0.2, 0.25) is 0 Å². The fourth-order valence-corrected chi connectivity index (χ4v) is 1.60. The molecule has 0 aliphatic rings. The molecule has 0 bridgehead atoms. The molecule has 0 aliphatic carbocycles. The molecule has 76 valence electrons. The molecule has 1 unspecified atom stereocenters. The summed E-state index contributed by atoms with van der Waals surface area (Å²) in [6.07, 6.45) is 0. The van der Waals surface area contributed by atoms with Gasteiger partial charge in [-0.2, -0.15) is 0 Å². The Labute approximate surface area is 91.4 Å². The maximum atomic E-state index is 11.2. The van der Waals surface area contributed by atoms with Crippen molar-refractivity contribution in [3.8, 4) is 0 Å². The van der Waals surface area contributed by atoms with Crippen LogP contribution in [0, 0.1) is 6.92 Å². The van der Waals surface area contributed by atoms with E-state index in [-0.39, 0.29) is 0 Å². The van der Waals surface area contributed by atoms with Gasteiger partial charge in [0, 0.05) is 4.47 Å². The standard InChI is InChI=1S/C10H12BrNO2/c1-6-7(4-3-5-8(6)11)9(12)10(13)14-2/h3-5,9H,12H2,1-2H3. The van der Waals surface area contributed by atoms with Crippen LogP contribution < -0.4 is 5.73 Å². The number of ether oxygens (including phenoxy) is 1. The third kappa shape index (κ3) is 2.13. The molecule has 0 heterocycles. The first-order valence-electron chi connectivity index (χ1n) is 4.16. The van der Waals surface area contributed by atoms with Crippen molar-refractivity contribution in [2.45, 2.75) is 13.0 Å². The van der Waals surface area contributed by atoms with E-state index in [4.69, 9.17) is 5.73 Å². The normalized spacial score (nSPS) is 12.3. The summed E-state index contributed by atoms with van der Waals surface area (Å²) in [5, 5.41) is 0. The first kappa shape index (κ1) is 11.2. The molecule has 14 heavy (non-hydrogen) atoms. The quantitative estimate of drug-likeness (QED) is 0.824. The summed E-state index contributed by atoms with van der Waals surface area (Å²) in [6.45, 7) is 1.90. The molecule has 4 heteroatoms. The van der Waals surface area contributed by atoms with Gasteiger partial charge in [0.1, 0.15) is 6.04 Å². The minimum atomic E-state index is -0.711. The second kappa shape index (κ2) is 4.57. The van der Waals surface area contributed by atoms with E-state index in [1.54, 1.807) is 0 Å². The SMILES string of the molecule is COC(=O)C(N)c1cccc(Br)c1C. The summed E-state index contributed by atoms with van der Waals surface area (Å²) in [5.41, 5.74) is 7.47. The monoisotopic (exact) mass is 257 g/mol. The van der Waals surface area contributed by atoms with Crippen LogP contribution in [-0.4, -0.2) is 13.1 Å². The Morgan fingerprint density at radius 3 is 2.79 bits per heavy atom. The molecule has 1 aromatic rings. The topological polar surface area (TPSA) is 52.3 Å². The summed E-state index contributed by atoms with van der Waals surface area (Å²) < 4.78 is 5.52. The number of hydrogen-bond donors (Lipinski definition) is 1. The van der Waals surface area contributed by atoms with E-state index in [9.17, 15) is 4.79 Å². The summed E-state index contributed by atoms with van der Waals surface area (Å²) in [6, 6.07) is 4.86. The smallest absolute Gasteiger partial charge is 0.327 e. The summed E-state index contributed by atoms with van der Waals surface area (Å²) in [5.74, 6) is -0.425. The molecule has 0 saturated heterocycles. The van der Waals surface area contributed by atoms with Crippen LogP contribution in [0.3, 0.4) is 0 Å². The second-order valence-corrected chi connectivity index (χ2v) is 3.81. The van der Waals surface area contributed by atoms with E-state index in [2.05, 4.69) is 20.7 Å². The molecule has 1 aromatic carbocycles. The Morgan fingerprint density at radius 1 is 1.57 bits per heavy atom. The van der Waals surface area contributed by atoms with Crippen LogP contribution in [0.15, 0.2) is 22.7 Å². The van der Waals surface area contributed by atoms with Crippen molar-refractivity contribution in [2.75, 3.05) is 7.11 Å². The van der Waals surface area contributed by atoms with E-state index in [0.717, 1.165) is 15.6 Å². The number of esters is 1. The first-order chi connectivity index (χ1) is 6.57. The number of rotatable bonds is 2. The van der Waals surface area contributed by atoms with Crippen LogP contribution in [-0.2, 0) is 9.53 Å². The number of benzene rings is 1. The third-order valence-electron chi connectivity index (χ3n) is 2.10. The number of nitrogens with two attached hydrogens (primary N) is 1. The lowest BCUT2D eigenvalue weighted by Crippen LogP contribution is -2.23. The van der Waals surface area contributed by atoms with Crippen LogP contribution in [0.5, 0.6) is 0 Å². The van der Waals surface area contributed by atoms with Gasteiger partial charge in [0.15, 0.2) is 0 Å². The van der Waals surface area contributed by atoms with Crippen molar-refractivity contribution in [1.82, 2.24) is 0 Å². The highest BCUT2D eigenvalue weighted by Gasteiger charge is 2.18. The molecule has 2 N–H and O–H groups in total. The molecule has 1 atom stereocenters. The van der Waals surface area contributed by atoms with Crippen molar-refractivity contribution in [1.29, 1.82) is 0 Å². The largest absolute Gasteiger partial charge is 0.468 e. The van der Waals surface area contributed by atoms with Gasteiger partial charge >= 0.3 is 5.97 Å². The zero-order valence-electron chi connectivity index (χ0n) is 8.08. The average molecular weight is 258 g/mol. The molecule has 0 radical (unpaired) electrons. The minimum Gasteiger partial charge on any atom is -0.468 e. The molecule has 0 saturated carbocycles. The molecule has 3 nitrogen and oxygen atoms in total. The molecule has 0 amide bonds. The van der Waals surface area contributed by atoms with Crippen molar-refractivity contribution < 1.29 is 9.53 Å². The molecular formula is C10H12BrNO2. The lowest BCUT2D eigenvalue weighted by Gasteiger charge is -2.13. The highest BCUT2D eigenvalue weighted by molar-refractivity contribution is 9.10. The van der Waals surface area contributed by atoms with Crippen LogP contribution in [0.1, 0.15) is 17.2 Å². The summed E-state index contributed by atoms with van der Waals surface area (Å²) in [4.78, 5) is 11.2. The maximum absolute atomic E-state index is 11.2. The highest BCUT2D eigenvalue weighted by Crippen LogP contribution is 2.23. The minimum absolute atomic E-state index is 0.425. The third-order valence-corrected chi connectivity index (χ3v) is 2.96. The van der Waals surface area contributed by atoms with E-state index in [1.165, 1.54) is 7.11 Å². The van der Waals surface area contributed by atoms with Gasteiger partial charge in [-0.15, -0.1) is 0 Å². The maximum Gasteiger partial charge on any atom is 0.327 e. The number of carbonyl (C=O) groups excluding carboxylic acids is 1. The van der Waals surface area contributed by atoms with Crippen molar-refractivity contribution in [2.24, 2.45) is 5.73 Å². The first-order valence-corrected chi connectivity index (χ1v) is 4.95. The molecule has 0 fully saturated rings. The number of methoxy groups -OCH3 is 1. The van der Waals surface area contributed by atoms with E-state index in [0.29, 0.717) is 0 Å². The van der Waals surface area contributed by atoms with E-state index >= 15 is 0 Å². The van der Waals surface area contributed by atoms with Crippen LogP contribution in [0.25, 0.3) is 0 Å². The fraction of sp³-hybridized carbons (Fsp3) is 0.300. The Hall–Kier alpha value is -0.870. The van der Waals surface area contributed by atoms with Crippen molar-refractivity contribution in [3.63, 3.8) is 0 Å². The summed E-state index contributed by atoms with van der Waals surface area (Å²) in [7, 11) is 1.33. The fourth-order valence-electron chi connectivity index (χ4n) is 1.22. The zero-order valence-corrected chi connectivity index (χ0v) is 9.67. The molecular weight excluding hydrogens is 246 g/mol. The lowest BCUT2D eigenvalue weighted by atomic mass is 10.0. The van der Waals surface area contributed by atoms with Crippen LogP contribution >= 0.6 is 15.9 Å². The molecule has 1 rings (SSSR count). The predicted molar refractivity (Wildman–Crippen MR) is 57.8 cm³/mol. The number of carbonyl (C=O) groups is 1. The van der Waals surface area contributed by atoms with Gasteiger partial charge in [-0.3, -0.25) is 4.79 Å². The Kier molecular flexibility index (Phi) is 3.66. The second-order valence-electron chi connectivity index (χ2n) is 2.95. The highest BCUT2D eigenvalue weighted by atomic mass is 79.9. The van der Waals surface area contributed by atoms with Gasteiger partial charge in [0.25, 0.3) is 0 Å². The zero-order chi connectivity index (χ0) is 10.7. The van der Waals surface area contributed by atoms with E-state index < -0.39 is 12.0 Å². The summed E-state index contributed by atoms with van der Waals surface area (Å²) >= 11 is 3.38. The van der Waals surface area contributed by atoms with Crippen molar-refractivity contribution >= 4 is 21.9 Å². The number of halogens is 1. The van der Waals surface area contributed by atoms with Gasteiger partial charge in [0.2, 0.25) is 0 Å². The molecule has 0 spiro atoms. The average Bonchev–Trinajstić information content (AvgIpc) is 2.20. The predicted octanol–water partition coefficient (Wildman–Crippen LogP) is 1.93. The van der Waals surface area contributed by atoms with Crippen molar-refractivity contribution in [3.05, 3.63) is 33.8 Å². The molecule has 0 aliphatic heterocycles. The van der Waals surface area contributed by atoms with Gasteiger partial charge in [-0.1, -0.05) is 28.1 Å². The number of hydrogen-bond acceptors (Lipinski definition) is 3. The van der Waals surface area contributed by atoms with E-state index in [1.807, 2.05) is 25.1 Å². The van der Waals surface area contributed by atoms with Gasteiger partial charge in [-0.25, -0.2) is 0 Å².